The van der Waals surface area contributed by atoms with E-state index < -0.39 is 15.6 Å². The Balaban J connectivity index is 1.44. The fourth-order valence-electron chi connectivity index (χ4n) is 6.34. The number of nitrogens with zero attached hydrogens (tertiary/aromatic N) is 2. The number of sulfonamides is 1. The maximum atomic E-state index is 13.3. The number of nitrogens with one attached hydrogen (secondary N) is 1. The number of hydrogen-bond donors (Lipinski definition) is 1. The molecule has 1 aromatic rings. The zero-order valence-electron chi connectivity index (χ0n) is 25.8. The zero-order chi connectivity index (χ0) is 29.0. The van der Waals surface area contributed by atoms with Crippen LogP contribution in [-0.4, -0.2) is 48.8 Å². The molecule has 40 heavy (non-hydrogen) atoms. The van der Waals surface area contributed by atoms with Crippen molar-refractivity contribution in [2.24, 2.45) is 4.99 Å². The molecule has 0 atom stereocenters. The summed E-state index contributed by atoms with van der Waals surface area (Å²) in [6.45, 7) is 9.39. The Morgan fingerprint density at radius 2 is 1.32 bits per heavy atom. The average Bonchev–Trinajstić information content (AvgIpc) is 3.21. The van der Waals surface area contributed by atoms with Crippen molar-refractivity contribution in [3.05, 3.63) is 34.4 Å². The summed E-state index contributed by atoms with van der Waals surface area (Å²) in [5.41, 5.74) is 4.11. The lowest BCUT2D eigenvalue weighted by Crippen LogP contribution is -2.50. The van der Waals surface area contributed by atoms with E-state index in [1.54, 1.807) is 4.31 Å². The molecule has 1 saturated heterocycles. The van der Waals surface area contributed by atoms with Crippen molar-refractivity contribution in [2.45, 2.75) is 142 Å². The minimum atomic E-state index is -3.40. The Bertz CT molecular complexity index is 1070. The van der Waals surface area contributed by atoms with Gasteiger partial charge in [0.25, 0.3) is 5.91 Å². The summed E-state index contributed by atoms with van der Waals surface area (Å²) in [7, 11) is -3.40. The van der Waals surface area contributed by atoms with Crippen molar-refractivity contribution >= 4 is 21.8 Å². The van der Waals surface area contributed by atoms with Crippen LogP contribution >= 0.6 is 0 Å². The van der Waals surface area contributed by atoms with Crippen LogP contribution < -0.4 is 5.32 Å². The van der Waals surface area contributed by atoms with E-state index in [2.05, 4.69) is 45.1 Å². The third kappa shape index (κ3) is 9.40. The molecule has 0 radical (unpaired) electrons. The molecule has 0 saturated carbocycles. The maximum Gasteiger partial charge on any atom is 0.253 e. The Labute approximate surface area is 244 Å². The van der Waals surface area contributed by atoms with Crippen LogP contribution in [0.1, 0.15) is 132 Å². The first-order valence-corrected chi connectivity index (χ1v) is 17.8. The average molecular weight is 574 g/mol. The number of hydrogen-bond acceptors (Lipinski definition) is 4. The standard InChI is InChI=1S/C33H55N3O3S/c1-5-7-9-10-11-12-13-14-16-18-31-34-32(37)33(35-31)20-22-36(23-21-33)40(38,39)24-19-30-27(3)25-29(26-28(30)4)17-15-8-6-2/h25-26H,5-24H2,1-4H3,(H,34,35,37). The van der Waals surface area contributed by atoms with Crippen LogP contribution in [0, 0.1) is 13.8 Å². The van der Waals surface area contributed by atoms with Crippen molar-refractivity contribution in [3.63, 3.8) is 0 Å². The van der Waals surface area contributed by atoms with E-state index in [9.17, 15) is 13.2 Å². The van der Waals surface area contributed by atoms with Crippen LogP contribution in [0.25, 0.3) is 0 Å². The molecule has 1 amide bonds. The molecule has 7 heteroatoms. The second-order valence-corrected chi connectivity index (χ2v) is 14.3. The van der Waals surface area contributed by atoms with E-state index in [4.69, 9.17) is 4.99 Å². The molecule has 1 spiro atoms. The summed E-state index contributed by atoms with van der Waals surface area (Å²) in [5, 5.41) is 3.02. The number of piperidine rings is 1. The van der Waals surface area contributed by atoms with Gasteiger partial charge in [0.2, 0.25) is 10.0 Å². The molecular formula is C33H55N3O3S. The van der Waals surface area contributed by atoms with Gasteiger partial charge in [-0.05, 0) is 74.6 Å². The van der Waals surface area contributed by atoms with Crippen LogP contribution in [0.4, 0.5) is 0 Å². The Morgan fingerprint density at radius 1 is 0.800 bits per heavy atom. The number of carbonyl (C=O) groups excluding carboxylic acids is 1. The number of aryl methyl sites for hydroxylation is 3. The molecule has 1 aromatic carbocycles. The van der Waals surface area contributed by atoms with Gasteiger partial charge in [-0.2, -0.15) is 0 Å². The highest BCUT2D eigenvalue weighted by molar-refractivity contribution is 7.89. The van der Waals surface area contributed by atoms with Gasteiger partial charge in [-0.1, -0.05) is 90.2 Å². The highest BCUT2D eigenvalue weighted by Crippen LogP contribution is 2.32. The largest absolute Gasteiger partial charge is 0.312 e. The van der Waals surface area contributed by atoms with Gasteiger partial charge in [-0.25, -0.2) is 12.7 Å². The Kier molecular flexibility index (Phi) is 13.2. The van der Waals surface area contributed by atoms with Gasteiger partial charge in [0.05, 0.1) is 5.75 Å². The SMILES string of the molecule is CCCCCCCCCCCC1=NC2(CCN(S(=O)(=O)CCc3c(C)cc(CCCCC)cc3C)CC2)C(=O)N1. The van der Waals surface area contributed by atoms with E-state index in [0.717, 1.165) is 30.7 Å². The topological polar surface area (TPSA) is 78.8 Å². The van der Waals surface area contributed by atoms with Crippen LogP contribution in [0.3, 0.4) is 0 Å². The Hall–Kier alpha value is -1.73. The third-order valence-electron chi connectivity index (χ3n) is 8.92. The first kappa shape index (κ1) is 32.8. The number of amidine groups is 1. The summed E-state index contributed by atoms with van der Waals surface area (Å²) >= 11 is 0. The molecule has 0 aliphatic carbocycles. The van der Waals surface area contributed by atoms with Gasteiger partial charge in [0.15, 0.2) is 0 Å². The smallest absolute Gasteiger partial charge is 0.253 e. The molecule has 2 heterocycles. The lowest BCUT2D eigenvalue weighted by Gasteiger charge is -2.34. The lowest BCUT2D eigenvalue weighted by molar-refractivity contribution is -0.124. The quantitative estimate of drug-likeness (QED) is 0.189. The predicted molar refractivity (Wildman–Crippen MR) is 168 cm³/mol. The van der Waals surface area contributed by atoms with E-state index in [1.807, 2.05) is 0 Å². The molecule has 1 fully saturated rings. The van der Waals surface area contributed by atoms with Gasteiger partial charge in [0.1, 0.15) is 11.4 Å². The maximum absolute atomic E-state index is 13.3. The van der Waals surface area contributed by atoms with Crippen LogP contribution in [0.5, 0.6) is 0 Å². The van der Waals surface area contributed by atoms with E-state index >= 15 is 0 Å². The summed E-state index contributed by atoms with van der Waals surface area (Å²) < 4.78 is 28.1. The fourth-order valence-corrected chi connectivity index (χ4v) is 7.80. The lowest BCUT2D eigenvalue weighted by atomic mass is 9.89. The zero-order valence-corrected chi connectivity index (χ0v) is 26.6. The molecule has 6 nitrogen and oxygen atoms in total. The molecule has 0 unspecified atom stereocenters. The molecule has 0 aromatic heterocycles. The minimum Gasteiger partial charge on any atom is -0.312 e. The summed E-state index contributed by atoms with van der Waals surface area (Å²) in [6, 6.07) is 4.47. The summed E-state index contributed by atoms with van der Waals surface area (Å²) in [6.07, 6.45) is 18.4. The molecule has 1 N–H and O–H groups in total. The molecule has 2 aliphatic heterocycles. The minimum absolute atomic E-state index is 0.0410. The number of aliphatic imine (C=N–C) groups is 1. The van der Waals surface area contributed by atoms with E-state index in [-0.39, 0.29) is 11.7 Å². The van der Waals surface area contributed by atoms with Gasteiger partial charge in [-0.15, -0.1) is 0 Å². The van der Waals surface area contributed by atoms with Crippen LogP contribution in [0.15, 0.2) is 17.1 Å². The van der Waals surface area contributed by atoms with Crippen LogP contribution in [-0.2, 0) is 27.7 Å². The normalized spacial score (nSPS) is 17.4. The second kappa shape index (κ2) is 16.1. The highest BCUT2D eigenvalue weighted by Gasteiger charge is 2.47. The van der Waals surface area contributed by atoms with Crippen molar-refractivity contribution in [3.8, 4) is 0 Å². The fraction of sp³-hybridized carbons (Fsp3) is 0.758. The first-order valence-electron chi connectivity index (χ1n) is 16.2. The highest BCUT2D eigenvalue weighted by atomic mass is 32.2. The summed E-state index contributed by atoms with van der Waals surface area (Å²) in [5.74, 6) is 0.866. The van der Waals surface area contributed by atoms with Crippen LogP contribution in [0.2, 0.25) is 0 Å². The second-order valence-electron chi connectivity index (χ2n) is 12.3. The van der Waals surface area contributed by atoms with Gasteiger partial charge >= 0.3 is 0 Å². The molecule has 226 valence electrons. The molecular weight excluding hydrogens is 518 g/mol. The number of benzene rings is 1. The number of amides is 1. The first-order chi connectivity index (χ1) is 19.2. The molecule has 2 aliphatic rings. The number of carbonyl (C=O) groups is 1. The van der Waals surface area contributed by atoms with Crippen molar-refractivity contribution < 1.29 is 13.2 Å². The third-order valence-corrected chi connectivity index (χ3v) is 10.8. The Morgan fingerprint density at radius 3 is 1.93 bits per heavy atom. The predicted octanol–water partition coefficient (Wildman–Crippen LogP) is 7.19. The van der Waals surface area contributed by atoms with Crippen molar-refractivity contribution in [2.75, 3.05) is 18.8 Å². The van der Waals surface area contributed by atoms with Crippen molar-refractivity contribution in [1.29, 1.82) is 0 Å². The summed E-state index contributed by atoms with van der Waals surface area (Å²) in [4.78, 5) is 17.7. The number of unbranched alkanes of at least 4 members (excludes halogenated alkanes) is 10. The number of rotatable bonds is 18. The monoisotopic (exact) mass is 573 g/mol. The van der Waals surface area contributed by atoms with Crippen molar-refractivity contribution in [1.82, 2.24) is 9.62 Å². The van der Waals surface area contributed by atoms with E-state index in [0.29, 0.717) is 32.4 Å². The van der Waals surface area contributed by atoms with Gasteiger partial charge in [0, 0.05) is 19.5 Å². The van der Waals surface area contributed by atoms with E-state index in [1.165, 1.54) is 87.3 Å². The molecule has 0 bridgehead atoms. The molecule has 3 rings (SSSR count). The van der Waals surface area contributed by atoms with Gasteiger partial charge in [-0.3, -0.25) is 9.79 Å². The van der Waals surface area contributed by atoms with Gasteiger partial charge < -0.3 is 5.32 Å².